The topological polar surface area (TPSA) is 86.0 Å². The lowest BCUT2D eigenvalue weighted by molar-refractivity contribution is 1.17. The first kappa shape index (κ1) is 45.0. The maximum absolute atomic E-state index is 10.1. The van der Waals surface area contributed by atoms with Gasteiger partial charge in [-0.2, -0.15) is 15.8 Å². The minimum Gasteiger partial charge on any atom is -0.310 e. The van der Waals surface area contributed by atoms with Gasteiger partial charge in [-0.3, -0.25) is 0 Å². The predicted octanol–water partition coefficient (Wildman–Crippen LogP) is 18.3. The molecule has 76 heavy (non-hydrogen) atoms. The van der Waals surface area contributed by atoms with Gasteiger partial charge < -0.3 is 19.3 Å². The molecule has 12 aromatic carbocycles. The van der Waals surface area contributed by atoms with E-state index < -0.39 is 0 Å². The highest BCUT2D eigenvalue weighted by Gasteiger charge is 2.22. The summed E-state index contributed by atoms with van der Waals surface area (Å²) in [7, 11) is 0. The molecule has 0 aliphatic rings. The number of nitrogens with zero attached hydrogens (tertiary/aromatic N) is 7. The van der Waals surface area contributed by atoms with Crippen molar-refractivity contribution in [3.8, 4) is 23.9 Å². The zero-order chi connectivity index (χ0) is 51.1. The molecule has 7 heteroatoms. The van der Waals surface area contributed by atoms with E-state index in [1.54, 1.807) is 0 Å². The van der Waals surface area contributed by atoms with Gasteiger partial charge in [-0.15, -0.1) is 0 Å². The molecule has 0 spiro atoms. The summed E-state index contributed by atoms with van der Waals surface area (Å²) < 4.78 is 2.33. The number of hydrogen-bond donors (Lipinski definition) is 0. The Balaban J connectivity index is 1.03. The molecule has 1 heterocycles. The number of rotatable bonds is 10. The van der Waals surface area contributed by atoms with Gasteiger partial charge in [0.05, 0.1) is 45.9 Å². The Kier molecular flexibility index (Phi) is 11.2. The van der Waals surface area contributed by atoms with Crippen molar-refractivity contribution in [1.29, 1.82) is 15.8 Å². The molecular formula is C69H43N7. The molecule has 0 N–H and O–H groups in total. The lowest BCUT2D eigenvalue weighted by Crippen LogP contribution is -2.10. The number of hydrogen-bond acceptors (Lipinski definition) is 6. The lowest BCUT2D eigenvalue weighted by atomic mass is 10.1. The zero-order valence-electron chi connectivity index (χ0n) is 41.0. The van der Waals surface area contributed by atoms with Crippen molar-refractivity contribution >= 4 is 105 Å². The second-order valence-electron chi connectivity index (χ2n) is 18.8. The minimum absolute atomic E-state index is 0.570. The average Bonchev–Trinajstić information content (AvgIpc) is 3.85. The summed E-state index contributed by atoms with van der Waals surface area (Å²) in [5, 5.41) is 39.1. The molecule has 0 atom stereocenters. The van der Waals surface area contributed by atoms with Crippen molar-refractivity contribution < 1.29 is 0 Å². The predicted molar refractivity (Wildman–Crippen MR) is 311 cm³/mol. The largest absolute Gasteiger partial charge is 0.310 e. The number of benzene rings is 12. The highest BCUT2D eigenvalue weighted by Crippen LogP contribution is 2.45. The average molecular weight is 970 g/mol. The van der Waals surface area contributed by atoms with Crippen LogP contribution in [0.1, 0.15) is 16.7 Å². The van der Waals surface area contributed by atoms with Crippen LogP contribution < -0.4 is 14.7 Å². The van der Waals surface area contributed by atoms with Gasteiger partial charge in [-0.25, -0.2) is 0 Å². The molecule has 0 radical (unpaired) electrons. The van der Waals surface area contributed by atoms with Gasteiger partial charge in [0, 0.05) is 67.6 Å². The van der Waals surface area contributed by atoms with Gasteiger partial charge in [0.15, 0.2) is 0 Å². The maximum Gasteiger partial charge on any atom is 0.0992 e. The molecule has 0 bridgehead atoms. The lowest BCUT2D eigenvalue weighted by Gasteiger charge is -2.26. The summed E-state index contributed by atoms with van der Waals surface area (Å²) >= 11 is 0. The van der Waals surface area contributed by atoms with Crippen LogP contribution in [0.4, 0.5) is 51.2 Å². The van der Waals surface area contributed by atoms with Crippen molar-refractivity contribution in [3.63, 3.8) is 0 Å². The first-order valence-electron chi connectivity index (χ1n) is 25.1. The third kappa shape index (κ3) is 8.12. The number of aromatic nitrogens is 1. The van der Waals surface area contributed by atoms with E-state index in [9.17, 15) is 15.8 Å². The van der Waals surface area contributed by atoms with Crippen molar-refractivity contribution in [3.05, 3.63) is 278 Å². The fourth-order valence-electron chi connectivity index (χ4n) is 10.7. The quantitative estimate of drug-likeness (QED) is 0.136. The highest BCUT2D eigenvalue weighted by molar-refractivity contribution is 6.12. The molecule has 0 unspecified atom stereocenters. The minimum atomic E-state index is 0.570. The molecule has 0 saturated heterocycles. The fourth-order valence-corrected chi connectivity index (χ4v) is 10.7. The summed E-state index contributed by atoms with van der Waals surface area (Å²) in [6.45, 7) is 0. The molecule has 1 aromatic heterocycles. The van der Waals surface area contributed by atoms with Crippen molar-refractivity contribution in [2.24, 2.45) is 0 Å². The molecule has 0 saturated carbocycles. The van der Waals surface area contributed by atoms with Crippen LogP contribution in [0.2, 0.25) is 0 Å². The molecule has 354 valence electrons. The molecule has 0 aliphatic carbocycles. The normalized spacial score (nSPS) is 11.1. The van der Waals surface area contributed by atoms with E-state index in [-0.39, 0.29) is 0 Å². The van der Waals surface area contributed by atoms with E-state index in [1.165, 1.54) is 0 Å². The fraction of sp³-hybridized carbons (Fsp3) is 0. The summed E-state index contributed by atoms with van der Waals surface area (Å²) in [6.07, 6.45) is 0. The van der Waals surface area contributed by atoms with Crippen LogP contribution in [0.15, 0.2) is 261 Å². The Labute approximate surface area is 439 Å². The summed E-state index contributed by atoms with van der Waals surface area (Å²) in [6, 6.07) is 96.8. The van der Waals surface area contributed by atoms with Gasteiger partial charge in [-0.1, -0.05) is 109 Å². The van der Waals surface area contributed by atoms with Crippen LogP contribution >= 0.6 is 0 Å². The Hall–Kier alpha value is -10.9. The Morgan fingerprint density at radius 2 is 0.553 bits per heavy atom. The molecule has 13 aromatic rings. The van der Waals surface area contributed by atoms with E-state index in [0.717, 1.165) is 111 Å². The van der Waals surface area contributed by atoms with Crippen LogP contribution in [0, 0.1) is 34.0 Å². The van der Waals surface area contributed by atoms with Crippen LogP contribution in [-0.2, 0) is 0 Å². The van der Waals surface area contributed by atoms with Crippen LogP contribution in [0.3, 0.4) is 0 Å². The summed E-state index contributed by atoms with van der Waals surface area (Å²) in [5.41, 5.74) is 13.0. The van der Waals surface area contributed by atoms with Crippen LogP contribution in [0.5, 0.6) is 0 Å². The number of anilines is 9. The van der Waals surface area contributed by atoms with E-state index in [0.29, 0.717) is 16.7 Å². The third-order valence-electron chi connectivity index (χ3n) is 14.3. The Morgan fingerprint density at radius 3 is 0.921 bits per heavy atom. The molecule has 0 fully saturated rings. The molecule has 13 rings (SSSR count). The Bertz CT molecular complexity index is 4350. The summed E-state index contributed by atoms with van der Waals surface area (Å²) in [4.78, 5) is 6.66. The smallest absolute Gasteiger partial charge is 0.0992 e. The van der Waals surface area contributed by atoms with Gasteiger partial charge in [0.25, 0.3) is 0 Å². The third-order valence-corrected chi connectivity index (χ3v) is 14.3. The van der Waals surface area contributed by atoms with Crippen molar-refractivity contribution in [2.75, 3.05) is 14.7 Å². The first-order valence-corrected chi connectivity index (χ1v) is 25.1. The molecular weight excluding hydrogens is 927 g/mol. The maximum atomic E-state index is 10.1. The van der Waals surface area contributed by atoms with Gasteiger partial charge in [-0.05, 0) is 184 Å². The van der Waals surface area contributed by atoms with Gasteiger partial charge >= 0.3 is 0 Å². The van der Waals surface area contributed by atoms with E-state index in [4.69, 9.17) is 0 Å². The Morgan fingerprint density at radius 1 is 0.250 bits per heavy atom. The molecule has 0 amide bonds. The zero-order valence-corrected chi connectivity index (χ0v) is 41.0. The molecule has 0 aliphatic heterocycles. The highest BCUT2D eigenvalue weighted by atomic mass is 15.2. The van der Waals surface area contributed by atoms with E-state index >= 15 is 0 Å². The van der Waals surface area contributed by atoms with Gasteiger partial charge in [0.2, 0.25) is 0 Å². The standard InChI is InChI=1S/C69H43N7/c70-44-47-10-7-19-58(36-47)73(61-25-22-50-13-1-4-16-53(50)39-61)56-28-30-57(31-29-56)76-68-34-32-64(74(59-20-8-11-48(37-59)45-71)62-26-23-51-14-2-5-17-54(51)40-62)42-66(68)67-43-65(33-35-69(67)76)75(60-21-9-12-49(38-60)46-72)63-27-24-52-15-3-6-18-55(52)41-63/h1-43H. The van der Waals surface area contributed by atoms with Crippen molar-refractivity contribution in [1.82, 2.24) is 4.57 Å². The van der Waals surface area contributed by atoms with E-state index in [2.05, 4.69) is 238 Å². The second kappa shape index (κ2) is 18.9. The number of fused-ring (bicyclic) bond motifs is 6. The molecule has 7 nitrogen and oxygen atoms in total. The van der Waals surface area contributed by atoms with Crippen LogP contribution in [0.25, 0.3) is 59.8 Å². The number of nitriles is 3. The van der Waals surface area contributed by atoms with Crippen molar-refractivity contribution in [2.45, 2.75) is 0 Å². The van der Waals surface area contributed by atoms with Gasteiger partial charge in [0.1, 0.15) is 0 Å². The summed E-state index contributed by atoms with van der Waals surface area (Å²) in [5.74, 6) is 0. The second-order valence-corrected chi connectivity index (χ2v) is 18.8. The van der Waals surface area contributed by atoms with E-state index in [1.807, 2.05) is 60.7 Å². The first-order chi connectivity index (χ1) is 37.5. The van der Waals surface area contributed by atoms with Crippen LogP contribution in [-0.4, -0.2) is 4.57 Å². The monoisotopic (exact) mass is 969 g/mol. The SMILES string of the molecule is N#Cc1cccc(N(c2ccc(-n3c4ccc(N(c5cccc(C#N)c5)c5ccc6ccccc6c5)cc4c4cc(N(c5cccc(C#N)c5)c5ccc6ccccc6c5)ccc43)cc2)c2ccc3ccccc3c2)c1.